The Morgan fingerprint density at radius 1 is 0.778 bits per heavy atom. The van der Waals surface area contributed by atoms with Gasteiger partial charge in [-0.05, 0) is 29.4 Å². The second-order valence-electron chi connectivity index (χ2n) is 4.68. The zero-order valence-corrected chi connectivity index (χ0v) is 9.95. The van der Waals surface area contributed by atoms with E-state index in [-0.39, 0.29) is 0 Å². The molecule has 0 N–H and O–H groups in total. The summed E-state index contributed by atoms with van der Waals surface area (Å²) < 4.78 is 0. The SMILES string of the molecule is C1=CB2c3ccccc3-c3ccccc3N2C=C1. The number of rotatable bonds is 0. The van der Waals surface area contributed by atoms with Crippen molar-refractivity contribution in [2.45, 2.75) is 0 Å². The zero-order valence-electron chi connectivity index (χ0n) is 9.95. The number of benzene rings is 2. The Balaban J connectivity index is 2.06. The average Bonchev–Trinajstić information content (AvgIpc) is 2.48. The van der Waals surface area contributed by atoms with E-state index in [9.17, 15) is 0 Å². The maximum atomic E-state index is 2.34. The van der Waals surface area contributed by atoms with Crippen LogP contribution in [0, 0.1) is 0 Å². The first-order valence-electron chi connectivity index (χ1n) is 6.27. The highest BCUT2D eigenvalue weighted by Crippen LogP contribution is 2.35. The van der Waals surface area contributed by atoms with Gasteiger partial charge in [0, 0.05) is 11.3 Å². The predicted octanol–water partition coefficient (Wildman–Crippen LogP) is 2.99. The Morgan fingerprint density at radius 2 is 1.56 bits per heavy atom. The van der Waals surface area contributed by atoms with Crippen molar-refractivity contribution >= 4 is 18.0 Å². The molecule has 0 unspecified atom stereocenters. The van der Waals surface area contributed by atoms with E-state index in [1.54, 1.807) is 0 Å². The fraction of sp³-hybridized carbons (Fsp3) is 0. The number of fused-ring (bicyclic) bond motifs is 6. The van der Waals surface area contributed by atoms with E-state index in [4.69, 9.17) is 0 Å². The molecule has 0 aliphatic carbocycles. The van der Waals surface area contributed by atoms with Gasteiger partial charge in [0.1, 0.15) is 0 Å². The first-order chi connectivity index (χ1) is 8.95. The molecular weight excluding hydrogens is 217 g/mol. The van der Waals surface area contributed by atoms with Gasteiger partial charge in [0.25, 0.3) is 0 Å². The van der Waals surface area contributed by atoms with Crippen LogP contribution >= 0.6 is 0 Å². The monoisotopic (exact) mass is 229 g/mol. The number of hydrogen-bond donors (Lipinski definition) is 0. The summed E-state index contributed by atoms with van der Waals surface area (Å²) in [6.07, 6.45) is 6.40. The van der Waals surface area contributed by atoms with E-state index in [0.29, 0.717) is 6.85 Å². The maximum Gasteiger partial charge on any atom is 0.320 e. The van der Waals surface area contributed by atoms with Gasteiger partial charge in [0.2, 0.25) is 0 Å². The van der Waals surface area contributed by atoms with E-state index < -0.39 is 0 Å². The van der Waals surface area contributed by atoms with Crippen LogP contribution in [0.25, 0.3) is 11.1 Å². The van der Waals surface area contributed by atoms with Crippen molar-refractivity contribution in [1.29, 1.82) is 0 Å². The van der Waals surface area contributed by atoms with E-state index in [2.05, 4.69) is 77.7 Å². The van der Waals surface area contributed by atoms with Crippen LogP contribution in [0.4, 0.5) is 5.69 Å². The van der Waals surface area contributed by atoms with Crippen molar-refractivity contribution in [3.05, 3.63) is 72.9 Å². The van der Waals surface area contributed by atoms with Crippen LogP contribution < -0.4 is 10.3 Å². The summed E-state index contributed by atoms with van der Waals surface area (Å²) in [4.78, 5) is 2.34. The number of anilines is 1. The first kappa shape index (κ1) is 9.78. The fourth-order valence-corrected chi connectivity index (χ4v) is 2.91. The Morgan fingerprint density at radius 3 is 2.50 bits per heavy atom. The summed E-state index contributed by atoms with van der Waals surface area (Å²) in [6, 6.07) is 17.3. The maximum absolute atomic E-state index is 2.34. The van der Waals surface area contributed by atoms with Gasteiger partial charge in [-0.25, -0.2) is 0 Å². The Hall–Kier alpha value is -2.22. The Kier molecular flexibility index (Phi) is 1.98. The molecule has 0 spiro atoms. The fourth-order valence-electron chi connectivity index (χ4n) is 2.91. The lowest BCUT2D eigenvalue weighted by Gasteiger charge is -2.35. The summed E-state index contributed by atoms with van der Waals surface area (Å²) >= 11 is 0. The molecule has 0 amide bonds. The van der Waals surface area contributed by atoms with Crippen LogP contribution in [0.15, 0.2) is 72.9 Å². The molecule has 2 heterocycles. The topological polar surface area (TPSA) is 3.24 Å². The van der Waals surface area contributed by atoms with Gasteiger partial charge in [-0.2, -0.15) is 0 Å². The quantitative estimate of drug-likeness (QED) is 0.627. The minimum atomic E-state index is 0.334. The molecule has 2 aliphatic rings. The van der Waals surface area contributed by atoms with Crippen molar-refractivity contribution in [3.63, 3.8) is 0 Å². The second kappa shape index (κ2) is 3.64. The Bertz CT molecular complexity index is 613. The minimum absolute atomic E-state index is 0.334. The van der Waals surface area contributed by atoms with Crippen molar-refractivity contribution in [1.82, 2.24) is 0 Å². The van der Waals surface area contributed by atoms with Gasteiger partial charge in [0.15, 0.2) is 0 Å². The zero-order chi connectivity index (χ0) is 11.9. The van der Waals surface area contributed by atoms with Crippen LogP contribution in [0.2, 0.25) is 0 Å². The van der Waals surface area contributed by atoms with Gasteiger partial charge in [-0.15, -0.1) is 0 Å². The summed E-state index contributed by atoms with van der Waals surface area (Å²) in [5, 5.41) is 0. The summed E-state index contributed by atoms with van der Waals surface area (Å²) in [5.74, 6) is 2.26. The molecule has 2 aromatic carbocycles. The highest BCUT2D eigenvalue weighted by atomic mass is 15.1. The molecule has 2 aromatic rings. The van der Waals surface area contributed by atoms with Crippen LogP contribution in [-0.4, -0.2) is 6.85 Å². The van der Waals surface area contributed by atoms with Crippen molar-refractivity contribution in [3.8, 4) is 11.1 Å². The van der Waals surface area contributed by atoms with Gasteiger partial charge >= 0.3 is 6.85 Å². The normalized spacial score (nSPS) is 15.1. The number of nitrogens with zero attached hydrogens (tertiary/aromatic N) is 1. The minimum Gasteiger partial charge on any atom is -0.383 e. The smallest absolute Gasteiger partial charge is 0.320 e. The molecular formula is C16H12BN. The molecule has 18 heavy (non-hydrogen) atoms. The summed E-state index contributed by atoms with van der Waals surface area (Å²) in [7, 11) is 0. The van der Waals surface area contributed by atoms with Crippen molar-refractivity contribution in [2.24, 2.45) is 0 Å². The molecule has 1 nitrogen and oxygen atoms in total. The average molecular weight is 229 g/mol. The number of para-hydroxylation sites is 1. The third-order valence-electron chi connectivity index (χ3n) is 3.70. The third-order valence-corrected chi connectivity index (χ3v) is 3.70. The van der Waals surface area contributed by atoms with Crippen LogP contribution in [0.5, 0.6) is 0 Å². The molecule has 84 valence electrons. The molecule has 0 aromatic heterocycles. The van der Waals surface area contributed by atoms with E-state index in [1.165, 1.54) is 22.3 Å². The largest absolute Gasteiger partial charge is 0.383 e. The van der Waals surface area contributed by atoms with E-state index in [0.717, 1.165) is 0 Å². The van der Waals surface area contributed by atoms with Crippen LogP contribution in [-0.2, 0) is 0 Å². The molecule has 4 rings (SSSR count). The van der Waals surface area contributed by atoms with E-state index >= 15 is 0 Å². The van der Waals surface area contributed by atoms with Crippen LogP contribution in [0.1, 0.15) is 0 Å². The lowest BCUT2D eigenvalue weighted by Crippen LogP contribution is -2.48. The molecule has 2 heteroatoms. The molecule has 0 bridgehead atoms. The molecule has 0 saturated carbocycles. The molecule has 0 fully saturated rings. The van der Waals surface area contributed by atoms with Crippen molar-refractivity contribution in [2.75, 3.05) is 4.81 Å². The Labute approximate surface area is 107 Å². The van der Waals surface area contributed by atoms with Gasteiger partial charge in [-0.3, -0.25) is 0 Å². The van der Waals surface area contributed by atoms with E-state index in [1.807, 2.05) is 0 Å². The molecule has 0 radical (unpaired) electrons. The highest BCUT2D eigenvalue weighted by molar-refractivity contribution is 6.83. The summed E-state index contributed by atoms with van der Waals surface area (Å²) in [6.45, 7) is 0.334. The predicted molar refractivity (Wildman–Crippen MR) is 78.0 cm³/mol. The standard InChI is InChI=1S/C16H12BN/c1-3-9-15-13(7-1)14-8-2-4-10-16(14)18-12-6-5-11-17(15)18/h1-12H. The highest BCUT2D eigenvalue weighted by Gasteiger charge is 2.31. The second-order valence-corrected chi connectivity index (χ2v) is 4.68. The molecule has 0 saturated heterocycles. The lowest BCUT2D eigenvalue weighted by atomic mass is 9.50. The molecule has 0 atom stereocenters. The molecule has 2 aliphatic heterocycles. The third kappa shape index (κ3) is 1.23. The lowest BCUT2D eigenvalue weighted by molar-refractivity contribution is 1.36. The van der Waals surface area contributed by atoms with Gasteiger partial charge in [-0.1, -0.05) is 54.5 Å². The number of allylic oxidation sites excluding steroid dienone is 2. The summed E-state index contributed by atoms with van der Waals surface area (Å²) in [5.41, 5.74) is 5.36. The van der Waals surface area contributed by atoms with Crippen LogP contribution in [0.3, 0.4) is 0 Å². The van der Waals surface area contributed by atoms with Crippen molar-refractivity contribution < 1.29 is 0 Å². The van der Waals surface area contributed by atoms with Gasteiger partial charge < -0.3 is 4.81 Å². The number of hydrogen-bond acceptors (Lipinski definition) is 1. The first-order valence-corrected chi connectivity index (χ1v) is 6.27. The van der Waals surface area contributed by atoms with Gasteiger partial charge in [0.05, 0.1) is 0 Å².